The number of hydrogen-bond donors (Lipinski definition) is 2. The Morgan fingerprint density at radius 3 is 2.38 bits per heavy atom. The van der Waals surface area contributed by atoms with Crippen LogP contribution < -0.4 is 9.61 Å². The van der Waals surface area contributed by atoms with E-state index >= 15 is 0 Å². The standard InChI is InChI=1S/C27H33NO3S/c1-16-13-20(23-21(14-16)26(3,4)11-12-27(23,5)6)17(2)31-19-9-7-18(8-10-19)15-22-24(29)28-25(30)32-22/h7-10,13-14,17,29H,11-12,15H2,1-6H3,(H,28,30). The van der Waals surface area contributed by atoms with Crippen LogP contribution in [0.25, 0.3) is 0 Å². The maximum absolute atomic E-state index is 11.4. The number of aryl methyl sites for hydroxylation is 1. The second-order valence-electron chi connectivity index (χ2n) is 10.4. The summed E-state index contributed by atoms with van der Waals surface area (Å²) in [5, 5.41) is 9.82. The molecule has 0 bridgehead atoms. The second-order valence-corrected chi connectivity index (χ2v) is 11.5. The van der Waals surface area contributed by atoms with Crippen molar-refractivity contribution in [3.8, 4) is 11.6 Å². The van der Waals surface area contributed by atoms with Gasteiger partial charge in [-0.25, -0.2) is 0 Å². The largest absolute Gasteiger partial charge is 0.494 e. The number of hydrogen-bond acceptors (Lipinski definition) is 4. The molecule has 3 aromatic rings. The first kappa shape index (κ1) is 22.7. The van der Waals surface area contributed by atoms with Gasteiger partial charge in [0.05, 0.1) is 4.88 Å². The molecule has 0 saturated heterocycles. The molecule has 1 aliphatic rings. The third-order valence-corrected chi connectivity index (χ3v) is 7.70. The first-order valence-electron chi connectivity index (χ1n) is 11.3. The molecule has 1 heterocycles. The molecule has 0 radical (unpaired) electrons. The third-order valence-electron chi connectivity index (χ3n) is 6.83. The maximum atomic E-state index is 11.4. The van der Waals surface area contributed by atoms with Crippen LogP contribution >= 0.6 is 11.3 Å². The zero-order valence-electron chi connectivity index (χ0n) is 19.8. The van der Waals surface area contributed by atoms with Gasteiger partial charge in [0.25, 0.3) is 0 Å². The van der Waals surface area contributed by atoms with Crippen molar-refractivity contribution in [2.45, 2.75) is 77.7 Å². The molecular weight excluding hydrogens is 418 g/mol. The molecule has 1 atom stereocenters. The fourth-order valence-electron chi connectivity index (χ4n) is 4.92. The van der Waals surface area contributed by atoms with Gasteiger partial charge >= 0.3 is 4.87 Å². The number of aromatic hydroxyl groups is 1. The van der Waals surface area contributed by atoms with Gasteiger partial charge in [0, 0.05) is 6.42 Å². The van der Waals surface area contributed by atoms with E-state index in [-0.39, 0.29) is 27.7 Å². The lowest BCUT2D eigenvalue weighted by Crippen LogP contribution is -2.35. The quantitative estimate of drug-likeness (QED) is 0.463. The van der Waals surface area contributed by atoms with E-state index in [1.165, 1.54) is 35.1 Å². The Balaban J connectivity index is 1.59. The first-order chi connectivity index (χ1) is 15.0. The molecule has 0 saturated carbocycles. The van der Waals surface area contributed by atoms with E-state index in [9.17, 15) is 9.90 Å². The minimum absolute atomic E-state index is 0.0382. The molecule has 1 unspecified atom stereocenters. The lowest BCUT2D eigenvalue weighted by Gasteiger charge is -2.44. The highest BCUT2D eigenvalue weighted by Crippen LogP contribution is 2.49. The Kier molecular flexibility index (Phi) is 5.74. The minimum atomic E-state index is -0.237. The Labute approximate surface area is 194 Å². The number of thiazole rings is 1. The second kappa shape index (κ2) is 8.11. The number of aromatic nitrogens is 1. The summed E-state index contributed by atoms with van der Waals surface area (Å²) in [5.74, 6) is 0.777. The highest BCUT2D eigenvalue weighted by molar-refractivity contribution is 7.09. The van der Waals surface area contributed by atoms with Crippen LogP contribution in [0.2, 0.25) is 0 Å². The van der Waals surface area contributed by atoms with Gasteiger partial charge in [-0.2, -0.15) is 0 Å². The van der Waals surface area contributed by atoms with Crippen molar-refractivity contribution in [1.82, 2.24) is 4.98 Å². The van der Waals surface area contributed by atoms with Crippen molar-refractivity contribution >= 4 is 11.3 Å². The summed E-state index contributed by atoms with van der Waals surface area (Å²) in [7, 11) is 0. The lowest BCUT2D eigenvalue weighted by molar-refractivity contribution is 0.219. The summed E-state index contributed by atoms with van der Waals surface area (Å²) in [5.41, 5.74) is 6.77. The summed E-state index contributed by atoms with van der Waals surface area (Å²) in [4.78, 5) is 14.2. The van der Waals surface area contributed by atoms with Crippen LogP contribution in [0.4, 0.5) is 0 Å². The Bertz CT molecular complexity index is 1180. The third kappa shape index (κ3) is 4.36. The fraction of sp³-hybridized carbons (Fsp3) is 0.444. The van der Waals surface area contributed by atoms with Crippen LogP contribution in [0, 0.1) is 6.92 Å². The summed E-state index contributed by atoms with van der Waals surface area (Å²) >= 11 is 1.04. The predicted octanol–water partition coefficient (Wildman–Crippen LogP) is 6.53. The normalized spacial score (nSPS) is 17.6. The SMILES string of the molecule is Cc1cc(C(C)Oc2ccc(Cc3sc(=O)[nH]c3O)cc2)c2c(c1)C(C)(C)CCC2(C)C. The van der Waals surface area contributed by atoms with Crippen LogP contribution in [0.5, 0.6) is 11.6 Å². The average molecular weight is 452 g/mol. The van der Waals surface area contributed by atoms with Crippen molar-refractivity contribution in [3.63, 3.8) is 0 Å². The van der Waals surface area contributed by atoms with Gasteiger partial charge < -0.3 is 9.84 Å². The van der Waals surface area contributed by atoms with Crippen molar-refractivity contribution < 1.29 is 9.84 Å². The summed E-state index contributed by atoms with van der Waals surface area (Å²) in [6.45, 7) is 13.7. The molecule has 170 valence electrons. The van der Waals surface area contributed by atoms with E-state index in [2.05, 4.69) is 58.7 Å². The number of ether oxygens (including phenoxy) is 1. The number of aromatic amines is 1. The van der Waals surface area contributed by atoms with Gasteiger partial charge in [0.1, 0.15) is 11.9 Å². The molecule has 0 spiro atoms. The zero-order valence-corrected chi connectivity index (χ0v) is 20.7. The van der Waals surface area contributed by atoms with Crippen LogP contribution in [-0.4, -0.2) is 10.1 Å². The van der Waals surface area contributed by atoms with Crippen LogP contribution in [0.3, 0.4) is 0 Å². The van der Waals surface area contributed by atoms with Crippen LogP contribution in [0.1, 0.15) is 86.3 Å². The van der Waals surface area contributed by atoms with E-state index in [0.29, 0.717) is 11.3 Å². The minimum Gasteiger partial charge on any atom is -0.494 e. The molecule has 4 nitrogen and oxygen atoms in total. The molecule has 4 rings (SSSR count). The van der Waals surface area contributed by atoms with Crippen molar-refractivity contribution in [1.29, 1.82) is 0 Å². The van der Waals surface area contributed by atoms with Gasteiger partial charge in [0.15, 0.2) is 0 Å². The highest BCUT2D eigenvalue weighted by Gasteiger charge is 2.39. The molecule has 5 heteroatoms. The monoisotopic (exact) mass is 451 g/mol. The summed E-state index contributed by atoms with van der Waals surface area (Å²) < 4.78 is 6.41. The Morgan fingerprint density at radius 2 is 1.75 bits per heavy atom. The highest BCUT2D eigenvalue weighted by atomic mass is 32.1. The van der Waals surface area contributed by atoms with Gasteiger partial charge in [-0.15, -0.1) is 0 Å². The Morgan fingerprint density at radius 1 is 1.09 bits per heavy atom. The van der Waals surface area contributed by atoms with Gasteiger partial charge in [-0.1, -0.05) is 68.9 Å². The van der Waals surface area contributed by atoms with Crippen LogP contribution in [0.15, 0.2) is 41.2 Å². The number of rotatable bonds is 5. The lowest BCUT2D eigenvalue weighted by atomic mass is 9.61. The molecular formula is C27H33NO3S. The number of nitrogens with one attached hydrogen (secondary N) is 1. The molecule has 0 amide bonds. The van der Waals surface area contributed by atoms with Crippen molar-refractivity contribution in [2.75, 3.05) is 0 Å². The van der Waals surface area contributed by atoms with E-state index in [1.54, 1.807) is 0 Å². The fourth-order valence-corrected chi connectivity index (χ4v) is 5.68. The molecule has 1 aromatic heterocycles. The topological polar surface area (TPSA) is 62.3 Å². The molecule has 32 heavy (non-hydrogen) atoms. The number of benzene rings is 2. The van der Waals surface area contributed by atoms with Gasteiger partial charge in [-0.05, 0) is 71.9 Å². The predicted molar refractivity (Wildman–Crippen MR) is 131 cm³/mol. The van der Waals surface area contributed by atoms with Crippen molar-refractivity contribution in [3.05, 3.63) is 78.8 Å². The molecule has 1 aliphatic carbocycles. The van der Waals surface area contributed by atoms with E-state index in [0.717, 1.165) is 22.6 Å². The Hall–Kier alpha value is -2.53. The van der Waals surface area contributed by atoms with E-state index in [1.807, 2.05) is 24.3 Å². The van der Waals surface area contributed by atoms with Crippen molar-refractivity contribution in [2.24, 2.45) is 0 Å². The first-order valence-corrected chi connectivity index (χ1v) is 12.1. The van der Waals surface area contributed by atoms with E-state index < -0.39 is 0 Å². The number of H-pyrrole nitrogens is 1. The summed E-state index contributed by atoms with van der Waals surface area (Å²) in [6, 6.07) is 12.6. The van der Waals surface area contributed by atoms with Gasteiger partial charge in [0.2, 0.25) is 5.88 Å². The molecule has 0 fully saturated rings. The van der Waals surface area contributed by atoms with Crippen LogP contribution in [-0.2, 0) is 17.3 Å². The number of fused-ring (bicyclic) bond motifs is 1. The molecule has 2 aromatic carbocycles. The smallest absolute Gasteiger partial charge is 0.307 e. The maximum Gasteiger partial charge on any atom is 0.307 e. The average Bonchev–Trinajstić information content (AvgIpc) is 3.03. The van der Waals surface area contributed by atoms with Gasteiger partial charge in [-0.3, -0.25) is 9.78 Å². The summed E-state index contributed by atoms with van der Waals surface area (Å²) in [6.07, 6.45) is 2.81. The zero-order chi connectivity index (χ0) is 23.3. The molecule has 2 N–H and O–H groups in total. The van der Waals surface area contributed by atoms with E-state index in [4.69, 9.17) is 4.74 Å². The molecule has 0 aliphatic heterocycles.